The number of carbonyl (C=O) groups excluding carboxylic acids is 1. The van der Waals surface area contributed by atoms with Crippen molar-refractivity contribution in [3.8, 4) is 0 Å². The van der Waals surface area contributed by atoms with Gasteiger partial charge in [0.05, 0.1) is 10.7 Å². The number of nitrogens with zero attached hydrogens (tertiary/aromatic N) is 2. The number of benzene rings is 2. The summed E-state index contributed by atoms with van der Waals surface area (Å²) < 4.78 is 0. The van der Waals surface area contributed by atoms with Crippen molar-refractivity contribution in [3.05, 3.63) is 80.8 Å². The minimum absolute atomic E-state index is 0.0170. The van der Waals surface area contributed by atoms with Gasteiger partial charge in [0.25, 0.3) is 5.91 Å². The second-order valence-electron chi connectivity index (χ2n) is 5.92. The van der Waals surface area contributed by atoms with Crippen molar-refractivity contribution in [3.63, 3.8) is 0 Å². The first-order chi connectivity index (χ1) is 12.5. The number of hydrogen-bond acceptors (Lipinski definition) is 4. The molecule has 0 N–H and O–H groups in total. The predicted octanol–water partition coefficient (Wildman–Crippen LogP) is 5.67. The van der Waals surface area contributed by atoms with Crippen LogP contribution in [0.25, 0.3) is 0 Å². The highest BCUT2D eigenvalue weighted by atomic mass is 35.5. The van der Waals surface area contributed by atoms with Gasteiger partial charge in [-0.15, -0.1) is 23.1 Å². The summed E-state index contributed by atoms with van der Waals surface area (Å²) in [6.45, 7) is 2.50. The maximum atomic E-state index is 12.6. The van der Waals surface area contributed by atoms with Gasteiger partial charge in [-0.2, -0.15) is 0 Å². The third-order valence-electron chi connectivity index (χ3n) is 3.87. The highest BCUT2D eigenvalue weighted by molar-refractivity contribution is 7.98. The molecule has 134 valence electrons. The minimum atomic E-state index is -0.0170. The maximum absolute atomic E-state index is 12.6. The van der Waals surface area contributed by atoms with Gasteiger partial charge in [0.2, 0.25) is 0 Å². The van der Waals surface area contributed by atoms with Crippen molar-refractivity contribution in [2.45, 2.75) is 24.1 Å². The van der Waals surface area contributed by atoms with Gasteiger partial charge < -0.3 is 4.90 Å². The molecule has 3 rings (SSSR count). The Morgan fingerprint density at radius 2 is 1.92 bits per heavy atom. The van der Waals surface area contributed by atoms with Crippen LogP contribution in [0.2, 0.25) is 5.02 Å². The zero-order chi connectivity index (χ0) is 18.5. The number of thioether (sulfide) groups is 1. The fourth-order valence-electron chi connectivity index (χ4n) is 2.50. The van der Waals surface area contributed by atoms with Gasteiger partial charge >= 0.3 is 0 Å². The molecule has 0 atom stereocenters. The summed E-state index contributed by atoms with van der Waals surface area (Å²) in [4.78, 5) is 19.9. The normalized spacial score (nSPS) is 10.7. The molecule has 0 radical (unpaired) electrons. The lowest BCUT2D eigenvalue weighted by atomic mass is 10.1. The number of aromatic nitrogens is 1. The van der Waals surface area contributed by atoms with E-state index < -0.39 is 0 Å². The third kappa shape index (κ3) is 4.87. The molecule has 0 aliphatic heterocycles. The molecule has 3 nitrogen and oxygen atoms in total. The average Bonchev–Trinajstić information content (AvgIpc) is 3.07. The second kappa shape index (κ2) is 8.71. The molecule has 0 spiro atoms. The largest absolute Gasteiger partial charge is 0.337 e. The van der Waals surface area contributed by atoms with Gasteiger partial charge in [0.1, 0.15) is 0 Å². The van der Waals surface area contributed by atoms with E-state index in [4.69, 9.17) is 11.6 Å². The van der Waals surface area contributed by atoms with E-state index in [2.05, 4.69) is 10.4 Å². The Morgan fingerprint density at radius 3 is 2.58 bits per heavy atom. The van der Waals surface area contributed by atoms with E-state index in [1.807, 2.05) is 55.5 Å². The Hall–Kier alpha value is -1.82. The molecule has 26 heavy (non-hydrogen) atoms. The standard InChI is InChI=1S/C20H19ClN2OS2/c1-14-22-17(12-25-14)13-26-18-9-7-15(8-10-18)20(24)23(2)11-16-5-3-4-6-19(16)21/h3-10,12H,11,13H2,1-2H3. The first-order valence-corrected chi connectivity index (χ1v) is 10.4. The van der Waals surface area contributed by atoms with Gasteiger partial charge in [-0.25, -0.2) is 4.98 Å². The summed E-state index contributed by atoms with van der Waals surface area (Å²) in [5, 5.41) is 3.85. The summed E-state index contributed by atoms with van der Waals surface area (Å²) in [7, 11) is 1.79. The molecule has 0 aliphatic rings. The highest BCUT2D eigenvalue weighted by Crippen LogP contribution is 2.24. The van der Waals surface area contributed by atoms with Gasteiger partial charge in [0, 0.05) is 40.2 Å². The van der Waals surface area contributed by atoms with E-state index in [0.29, 0.717) is 17.1 Å². The van der Waals surface area contributed by atoms with Crippen LogP contribution in [0.3, 0.4) is 0 Å². The van der Waals surface area contributed by atoms with E-state index in [1.54, 1.807) is 35.0 Å². The molecule has 1 aromatic heterocycles. The lowest BCUT2D eigenvalue weighted by Gasteiger charge is -2.18. The van der Waals surface area contributed by atoms with E-state index in [9.17, 15) is 4.79 Å². The molecule has 2 aromatic carbocycles. The van der Waals surface area contributed by atoms with Crippen LogP contribution in [-0.4, -0.2) is 22.8 Å². The van der Waals surface area contributed by atoms with Gasteiger partial charge in [-0.1, -0.05) is 29.8 Å². The van der Waals surface area contributed by atoms with Crippen LogP contribution in [0.4, 0.5) is 0 Å². The molecular formula is C20H19ClN2OS2. The molecule has 0 saturated carbocycles. The van der Waals surface area contributed by atoms with Gasteiger partial charge in [-0.05, 0) is 42.8 Å². The molecule has 0 saturated heterocycles. The van der Waals surface area contributed by atoms with Crippen LogP contribution in [0, 0.1) is 6.92 Å². The molecule has 1 heterocycles. The van der Waals surface area contributed by atoms with Gasteiger partial charge in [0.15, 0.2) is 0 Å². The number of rotatable bonds is 6. The Kier molecular flexibility index (Phi) is 6.35. The number of amides is 1. The lowest BCUT2D eigenvalue weighted by Crippen LogP contribution is -2.26. The summed E-state index contributed by atoms with van der Waals surface area (Å²) in [6.07, 6.45) is 0. The first-order valence-electron chi connectivity index (χ1n) is 8.15. The quantitative estimate of drug-likeness (QED) is 0.498. The zero-order valence-electron chi connectivity index (χ0n) is 14.6. The minimum Gasteiger partial charge on any atom is -0.337 e. The van der Waals surface area contributed by atoms with Crippen molar-refractivity contribution in [2.24, 2.45) is 0 Å². The number of halogens is 1. The molecule has 6 heteroatoms. The van der Waals surface area contributed by atoms with E-state index in [1.165, 1.54) is 0 Å². The molecule has 0 bridgehead atoms. The summed E-state index contributed by atoms with van der Waals surface area (Å²) in [5.41, 5.74) is 2.71. The van der Waals surface area contributed by atoms with Crippen molar-refractivity contribution in [2.75, 3.05) is 7.05 Å². The van der Waals surface area contributed by atoms with Crippen molar-refractivity contribution in [1.29, 1.82) is 0 Å². The molecule has 0 unspecified atom stereocenters. The lowest BCUT2D eigenvalue weighted by molar-refractivity contribution is 0.0785. The maximum Gasteiger partial charge on any atom is 0.253 e. The van der Waals surface area contributed by atoms with E-state index in [-0.39, 0.29) is 5.91 Å². The molecular weight excluding hydrogens is 384 g/mol. The molecule has 1 amide bonds. The highest BCUT2D eigenvalue weighted by Gasteiger charge is 2.13. The smallest absolute Gasteiger partial charge is 0.253 e. The Morgan fingerprint density at radius 1 is 1.19 bits per heavy atom. The topological polar surface area (TPSA) is 33.2 Å². The molecule has 0 fully saturated rings. The number of aryl methyl sites for hydroxylation is 1. The fourth-order valence-corrected chi connectivity index (χ4v) is 4.20. The zero-order valence-corrected chi connectivity index (χ0v) is 17.0. The number of hydrogen-bond donors (Lipinski definition) is 0. The van der Waals surface area contributed by atoms with E-state index in [0.717, 1.165) is 26.9 Å². The first kappa shape index (κ1) is 19.0. The summed E-state index contributed by atoms with van der Waals surface area (Å²) >= 11 is 9.57. The van der Waals surface area contributed by atoms with Crippen molar-refractivity contribution in [1.82, 2.24) is 9.88 Å². The fraction of sp³-hybridized carbons (Fsp3) is 0.200. The van der Waals surface area contributed by atoms with Crippen LogP contribution >= 0.6 is 34.7 Å². The summed E-state index contributed by atoms with van der Waals surface area (Å²) in [5.74, 6) is 0.820. The monoisotopic (exact) mass is 402 g/mol. The van der Waals surface area contributed by atoms with Crippen molar-refractivity contribution >= 4 is 40.6 Å². The average molecular weight is 403 g/mol. The summed E-state index contributed by atoms with van der Waals surface area (Å²) in [6, 6.07) is 15.3. The second-order valence-corrected chi connectivity index (χ2v) is 8.44. The van der Waals surface area contributed by atoms with E-state index >= 15 is 0 Å². The number of carbonyl (C=O) groups is 1. The van der Waals surface area contributed by atoms with Crippen LogP contribution in [0.5, 0.6) is 0 Å². The Balaban J connectivity index is 1.60. The molecule has 0 aliphatic carbocycles. The predicted molar refractivity (Wildman–Crippen MR) is 110 cm³/mol. The van der Waals surface area contributed by atoms with Crippen LogP contribution in [-0.2, 0) is 12.3 Å². The Bertz CT molecular complexity index is 893. The van der Waals surface area contributed by atoms with Gasteiger partial charge in [-0.3, -0.25) is 4.79 Å². The SMILES string of the molecule is Cc1nc(CSc2ccc(C(=O)N(C)Cc3ccccc3Cl)cc2)cs1. The molecule has 3 aromatic rings. The third-order valence-corrected chi connectivity index (χ3v) is 6.10. The van der Waals surface area contributed by atoms with Crippen LogP contribution in [0.15, 0.2) is 58.8 Å². The Labute approximate surface area is 167 Å². The van der Waals surface area contributed by atoms with Crippen LogP contribution in [0.1, 0.15) is 26.6 Å². The van der Waals surface area contributed by atoms with Crippen LogP contribution < -0.4 is 0 Å². The number of thiazole rings is 1. The van der Waals surface area contributed by atoms with Crippen molar-refractivity contribution < 1.29 is 4.79 Å².